The van der Waals surface area contributed by atoms with Gasteiger partial charge in [0.25, 0.3) is 0 Å². The van der Waals surface area contributed by atoms with Crippen molar-refractivity contribution in [1.29, 1.82) is 0 Å². The highest BCUT2D eigenvalue weighted by Gasteiger charge is 2.45. The Labute approximate surface area is 181 Å². The molecule has 4 heterocycles. The number of piperazine rings is 1. The van der Waals surface area contributed by atoms with Gasteiger partial charge in [-0.2, -0.15) is 0 Å². The van der Waals surface area contributed by atoms with E-state index in [0.29, 0.717) is 6.54 Å². The number of carbonyl (C=O) groups excluding carboxylic acids is 2. The van der Waals surface area contributed by atoms with E-state index >= 15 is 0 Å². The van der Waals surface area contributed by atoms with Crippen molar-refractivity contribution in [2.75, 3.05) is 37.6 Å². The molecule has 3 saturated heterocycles. The van der Waals surface area contributed by atoms with E-state index in [1.54, 1.807) is 0 Å². The second kappa shape index (κ2) is 8.62. The van der Waals surface area contributed by atoms with Crippen LogP contribution < -0.4 is 20.9 Å². The number of aromatic nitrogens is 1. The molecule has 9 heteroatoms. The van der Waals surface area contributed by atoms with Gasteiger partial charge in [-0.3, -0.25) is 25.2 Å². The first kappa shape index (κ1) is 19.9. The Balaban J connectivity index is 1.18. The van der Waals surface area contributed by atoms with E-state index in [9.17, 15) is 9.59 Å². The molecule has 31 heavy (non-hydrogen) atoms. The summed E-state index contributed by atoms with van der Waals surface area (Å²) in [5.74, 6) is 0.527. The fourth-order valence-electron chi connectivity index (χ4n) is 4.49. The molecule has 162 valence electrons. The van der Waals surface area contributed by atoms with Crippen LogP contribution in [-0.2, 0) is 11.3 Å². The normalized spacial score (nSPS) is 27.0. The van der Waals surface area contributed by atoms with Crippen LogP contribution in [0, 0.1) is 5.92 Å². The summed E-state index contributed by atoms with van der Waals surface area (Å²) in [5.41, 5.74) is 0.935. The van der Waals surface area contributed by atoms with Gasteiger partial charge in [-0.05, 0) is 17.7 Å². The molecule has 3 atom stereocenters. The number of carbonyl (C=O) groups is 2. The molecule has 0 spiro atoms. The van der Waals surface area contributed by atoms with E-state index in [1.165, 1.54) is 4.90 Å². The molecule has 3 amide bonds. The van der Waals surface area contributed by atoms with Crippen molar-refractivity contribution in [3.05, 3.63) is 60.3 Å². The van der Waals surface area contributed by atoms with Crippen LogP contribution in [0.4, 0.5) is 10.6 Å². The van der Waals surface area contributed by atoms with Crippen molar-refractivity contribution in [2.24, 2.45) is 5.92 Å². The summed E-state index contributed by atoms with van der Waals surface area (Å²) in [7, 11) is 0. The van der Waals surface area contributed by atoms with Gasteiger partial charge >= 0.3 is 6.03 Å². The number of nitrogens with zero attached hydrogens (tertiary/aromatic N) is 4. The van der Waals surface area contributed by atoms with E-state index in [4.69, 9.17) is 0 Å². The highest BCUT2D eigenvalue weighted by atomic mass is 16.2. The van der Waals surface area contributed by atoms with Crippen LogP contribution in [-0.4, -0.2) is 71.9 Å². The number of pyridine rings is 1. The number of rotatable bonds is 4. The standard InChI is InChI=1S/C22H27N7O2/c30-20-17-14-24-21(28-12-10-27(11-13-28)18-8-4-5-9-23-18)25-19(17)26-22(31)29(20)15-16-6-2-1-3-7-16/h1-9,17,19,21,24-25H,10-15H2,(H,26,31). The Bertz CT molecular complexity index is 918. The van der Waals surface area contributed by atoms with E-state index in [-0.39, 0.29) is 36.9 Å². The molecule has 1 aromatic heterocycles. The lowest BCUT2D eigenvalue weighted by Gasteiger charge is -2.48. The second-order valence-electron chi connectivity index (χ2n) is 8.13. The third-order valence-electron chi connectivity index (χ3n) is 6.21. The molecule has 3 unspecified atom stereocenters. The maximum atomic E-state index is 13.0. The number of urea groups is 1. The number of anilines is 1. The van der Waals surface area contributed by atoms with Crippen molar-refractivity contribution >= 4 is 17.8 Å². The van der Waals surface area contributed by atoms with Crippen molar-refractivity contribution < 1.29 is 9.59 Å². The topological polar surface area (TPSA) is 92.8 Å². The fourth-order valence-corrected chi connectivity index (χ4v) is 4.49. The van der Waals surface area contributed by atoms with E-state index in [1.807, 2.05) is 54.7 Å². The number of fused-ring (bicyclic) bond motifs is 1. The van der Waals surface area contributed by atoms with Crippen LogP contribution in [0.15, 0.2) is 54.7 Å². The minimum absolute atomic E-state index is 0.0825. The van der Waals surface area contributed by atoms with Crippen LogP contribution in [0.3, 0.4) is 0 Å². The molecule has 3 fully saturated rings. The first-order chi connectivity index (χ1) is 15.2. The van der Waals surface area contributed by atoms with Gasteiger partial charge in [-0.1, -0.05) is 36.4 Å². The number of nitrogens with one attached hydrogen (secondary N) is 3. The number of amides is 3. The largest absolute Gasteiger partial charge is 0.354 e. The second-order valence-corrected chi connectivity index (χ2v) is 8.13. The molecule has 1 aromatic carbocycles. The van der Waals surface area contributed by atoms with E-state index < -0.39 is 0 Å². The van der Waals surface area contributed by atoms with Gasteiger partial charge in [-0.15, -0.1) is 0 Å². The zero-order valence-electron chi connectivity index (χ0n) is 17.3. The number of hydrogen-bond acceptors (Lipinski definition) is 7. The summed E-state index contributed by atoms with van der Waals surface area (Å²) < 4.78 is 0. The first-order valence-electron chi connectivity index (χ1n) is 10.7. The average Bonchev–Trinajstić information content (AvgIpc) is 2.83. The van der Waals surface area contributed by atoms with Gasteiger partial charge in [0.2, 0.25) is 5.91 Å². The van der Waals surface area contributed by atoms with E-state index in [2.05, 4.69) is 30.7 Å². The maximum absolute atomic E-state index is 13.0. The van der Waals surface area contributed by atoms with Crippen LogP contribution in [0.5, 0.6) is 0 Å². The summed E-state index contributed by atoms with van der Waals surface area (Å²) in [6.45, 7) is 4.28. The van der Waals surface area contributed by atoms with Gasteiger partial charge in [-0.25, -0.2) is 9.78 Å². The molecule has 0 bridgehead atoms. The lowest BCUT2D eigenvalue weighted by Crippen LogP contribution is -2.75. The van der Waals surface area contributed by atoms with Crippen molar-refractivity contribution in [2.45, 2.75) is 19.0 Å². The predicted molar refractivity (Wildman–Crippen MR) is 116 cm³/mol. The summed E-state index contributed by atoms with van der Waals surface area (Å²) >= 11 is 0. The molecule has 0 saturated carbocycles. The lowest BCUT2D eigenvalue weighted by molar-refractivity contribution is -0.138. The van der Waals surface area contributed by atoms with Crippen molar-refractivity contribution in [1.82, 2.24) is 30.7 Å². The summed E-state index contributed by atoms with van der Waals surface area (Å²) in [4.78, 5) is 36.0. The van der Waals surface area contributed by atoms with Crippen LogP contribution in [0.25, 0.3) is 0 Å². The third kappa shape index (κ3) is 4.12. The highest BCUT2D eigenvalue weighted by Crippen LogP contribution is 2.21. The monoisotopic (exact) mass is 421 g/mol. The molecule has 0 radical (unpaired) electrons. The summed E-state index contributed by atoms with van der Waals surface area (Å²) in [5, 5.41) is 9.87. The SMILES string of the molecule is O=C1NC2NC(N3CCN(c4ccccn4)CC3)NCC2C(=O)N1Cc1ccccc1. The highest BCUT2D eigenvalue weighted by molar-refractivity contribution is 5.98. The molecule has 3 N–H and O–H groups in total. The van der Waals surface area contributed by atoms with Gasteiger partial charge in [0.15, 0.2) is 0 Å². The summed E-state index contributed by atoms with van der Waals surface area (Å²) in [6.07, 6.45) is 1.36. The molecular formula is C22H27N7O2. The maximum Gasteiger partial charge on any atom is 0.325 e. The molecular weight excluding hydrogens is 394 g/mol. The molecule has 0 aliphatic carbocycles. The molecule has 3 aliphatic rings. The quantitative estimate of drug-likeness (QED) is 0.657. The zero-order valence-corrected chi connectivity index (χ0v) is 17.3. The number of imide groups is 1. The Hall–Kier alpha value is -3.01. The molecule has 2 aromatic rings. The third-order valence-corrected chi connectivity index (χ3v) is 6.21. The number of benzene rings is 1. The first-order valence-corrected chi connectivity index (χ1v) is 10.7. The van der Waals surface area contributed by atoms with Crippen molar-refractivity contribution in [3.63, 3.8) is 0 Å². The van der Waals surface area contributed by atoms with Gasteiger partial charge < -0.3 is 10.2 Å². The Kier molecular flexibility index (Phi) is 5.54. The smallest absolute Gasteiger partial charge is 0.325 e. The minimum Gasteiger partial charge on any atom is -0.354 e. The van der Waals surface area contributed by atoms with Gasteiger partial charge in [0, 0.05) is 38.9 Å². The Morgan fingerprint density at radius 2 is 1.74 bits per heavy atom. The zero-order chi connectivity index (χ0) is 21.2. The minimum atomic E-state index is -0.368. The summed E-state index contributed by atoms with van der Waals surface area (Å²) in [6, 6.07) is 15.2. The molecule has 5 rings (SSSR count). The van der Waals surface area contributed by atoms with E-state index in [0.717, 1.165) is 37.6 Å². The predicted octanol–water partition coefficient (Wildman–Crippen LogP) is 0.374. The van der Waals surface area contributed by atoms with Gasteiger partial charge in [0.05, 0.1) is 18.6 Å². The average molecular weight is 422 g/mol. The molecule has 3 aliphatic heterocycles. The van der Waals surface area contributed by atoms with Crippen molar-refractivity contribution in [3.8, 4) is 0 Å². The van der Waals surface area contributed by atoms with Crippen LogP contribution >= 0.6 is 0 Å². The van der Waals surface area contributed by atoms with Crippen LogP contribution in [0.2, 0.25) is 0 Å². The number of hydrogen-bond donors (Lipinski definition) is 3. The fraction of sp³-hybridized carbons (Fsp3) is 0.409. The molecule has 9 nitrogen and oxygen atoms in total. The lowest BCUT2D eigenvalue weighted by atomic mass is 9.99. The Morgan fingerprint density at radius 3 is 2.48 bits per heavy atom. The van der Waals surface area contributed by atoms with Gasteiger partial charge in [0.1, 0.15) is 12.1 Å². The van der Waals surface area contributed by atoms with Crippen LogP contribution in [0.1, 0.15) is 5.56 Å². The Morgan fingerprint density at radius 1 is 0.968 bits per heavy atom.